The van der Waals surface area contributed by atoms with E-state index in [1.165, 1.54) is 0 Å². The first-order valence-corrected chi connectivity index (χ1v) is 12.0. The van der Waals surface area contributed by atoms with Crippen molar-refractivity contribution in [2.75, 3.05) is 66.9 Å². The van der Waals surface area contributed by atoms with Gasteiger partial charge in [0, 0.05) is 31.8 Å². The van der Waals surface area contributed by atoms with Gasteiger partial charge in [-0.25, -0.2) is 4.98 Å². The predicted octanol–water partition coefficient (Wildman–Crippen LogP) is 0.401. The van der Waals surface area contributed by atoms with Crippen LogP contribution in [-0.2, 0) is 22.0 Å². The molecule has 2 aromatic rings. The molecule has 1 aromatic carbocycles. The molecule has 5 heterocycles. The fourth-order valence-corrected chi connectivity index (χ4v) is 6.02. The van der Waals surface area contributed by atoms with Crippen LogP contribution in [0.3, 0.4) is 0 Å². The van der Waals surface area contributed by atoms with Gasteiger partial charge in [-0.15, -0.1) is 0 Å². The third kappa shape index (κ3) is 3.16. The summed E-state index contributed by atoms with van der Waals surface area (Å²) < 4.78 is 23.9. The van der Waals surface area contributed by atoms with Crippen LogP contribution in [0, 0.1) is 0 Å². The number of aliphatic hydroxyl groups excluding tert-OH is 1. The van der Waals surface area contributed by atoms with Gasteiger partial charge in [0.15, 0.2) is 0 Å². The van der Waals surface area contributed by atoms with E-state index < -0.39 is 16.3 Å². The zero-order chi connectivity index (χ0) is 21.0. The third-order valence-corrected chi connectivity index (χ3v) is 7.95. The first-order chi connectivity index (χ1) is 15.2. The maximum Gasteiger partial charge on any atom is 0.227 e. The van der Waals surface area contributed by atoms with E-state index in [1.54, 1.807) is 0 Å². The monoisotopic (exact) mass is 443 g/mol. The van der Waals surface area contributed by atoms with Gasteiger partial charge in [0.25, 0.3) is 0 Å². The van der Waals surface area contributed by atoms with Gasteiger partial charge in [0.1, 0.15) is 28.6 Å². The maximum absolute atomic E-state index is 12.6. The number of nitrogens with one attached hydrogen (secondary N) is 1. The van der Waals surface area contributed by atoms with Crippen LogP contribution >= 0.6 is 0 Å². The summed E-state index contributed by atoms with van der Waals surface area (Å²) in [7, 11) is -1.13. The molecule has 164 valence electrons. The van der Waals surface area contributed by atoms with E-state index in [-0.39, 0.29) is 12.6 Å². The molecule has 2 N–H and O–H groups in total. The lowest BCUT2D eigenvalue weighted by Crippen LogP contribution is -2.59. The van der Waals surface area contributed by atoms with Crippen LogP contribution in [0.2, 0.25) is 0 Å². The molecule has 10 heteroatoms. The van der Waals surface area contributed by atoms with Crippen LogP contribution < -0.4 is 19.9 Å². The number of nitrogens with zero attached hydrogens (tertiary/aromatic N) is 4. The molecule has 0 bridgehead atoms. The standard InChI is InChI=1S/C21H25N5O4S/c27-11-21(12-29-13-21)24-19-18-15(5-8-31(18)28)22-20(23-19)25-6-7-26-14(9-25)10-30-17-4-2-1-3-16(17)26/h1-4,14,27H,5-13H2,(H,22,23,24)/t14-,31-/m0/s1. The Bertz CT molecular complexity index is 1040. The van der Waals surface area contributed by atoms with Gasteiger partial charge in [0.2, 0.25) is 5.95 Å². The molecule has 2 saturated heterocycles. The van der Waals surface area contributed by atoms with Crippen molar-refractivity contribution in [3.05, 3.63) is 30.0 Å². The Kier molecular flexibility index (Phi) is 4.55. The van der Waals surface area contributed by atoms with Crippen LogP contribution in [0.25, 0.3) is 0 Å². The van der Waals surface area contributed by atoms with Gasteiger partial charge in [0.05, 0.1) is 48.0 Å². The summed E-state index contributed by atoms with van der Waals surface area (Å²) in [5.74, 6) is 2.71. The highest BCUT2D eigenvalue weighted by molar-refractivity contribution is 7.85. The molecule has 0 unspecified atom stereocenters. The lowest BCUT2D eigenvalue weighted by Gasteiger charge is -2.45. The zero-order valence-electron chi connectivity index (χ0n) is 17.1. The Morgan fingerprint density at radius 1 is 1.26 bits per heavy atom. The summed E-state index contributed by atoms with van der Waals surface area (Å²) in [6, 6.07) is 8.38. The van der Waals surface area contributed by atoms with Crippen LogP contribution in [0.1, 0.15) is 5.69 Å². The number of rotatable bonds is 4. The van der Waals surface area contributed by atoms with E-state index in [4.69, 9.17) is 19.4 Å². The topological polar surface area (TPSA) is 100 Å². The molecule has 0 radical (unpaired) electrons. The van der Waals surface area contributed by atoms with Crippen LogP contribution in [0.4, 0.5) is 17.5 Å². The predicted molar refractivity (Wildman–Crippen MR) is 117 cm³/mol. The van der Waals surface area contributed by atoms with Crippen molar-refractivity contribution in [1.29, 1.82) is 0 Å². The number of aryl methyl sites for hydroxylation is 1. The van der Waals surface area contributed by atoms with Gasteiger partial charge in [-0.2, -0.15) is 4.98 Å². The normalized spacial score (nSPS) is 25.7. The van der Waals surface area contributed by atoms with E-state index in [1.807, 2.05) is 18.2 Å². The van der Waals surface area contributed by atoms with Crippen LogP contribution in [0.5, 0.6) is 5.75 Å². The Hall–Kier alpha value is -2.43. The SMILES string of the molecule is O=[S@]1CCc2nc(N3CCN4c5ccccc5OC[C@@H]4C3)nc(NC3(CO)COC3)c21. The molecule has 4 aliphatic heterocycles. The van der Waals surface area contributed by atoms with Crippen molar-refractivity contribution in [3.8, 4) is 5.75 Å². The molecule has 2 fully saturated rings. The number of para-hydroxylation sites is 2. The first kappa shape index (κ1) is 19.3. The van der Waals surface area contributed by atoms with E-state index in [0.717, 1.165) is 36.8 Å². The molecule has 9 nitrogen and oxygen atoms in total. The molecule has 4 aliphatic rings. The molecule has 0 spiro atoms. The van der Waals surface area contributed by atoms with Crippen LogP contribution in [0.15, 0.2) is 29.2 Å². The Morgan fingerprint density at radius 3 is 2.94 bits per heavy atom. The second kappa shape index (κ2) is 7.32. The largest absolute Gasteiger partial charge is 0.489 e. The molecular formula is C21H25N5O4S. The Labute approximate surface area is 182 Å². The smallest absolute Gasteiger partial charge is 0.227 e. The summed E-state index contributed by atoms with van der Waals surface area (Å²) in [6.07, 6.45) is 0.675. The number of aromatic nitrogens is 2. The van der Waals surface area contributed by atoms with Gasteiger partial charge in [-0.3, -0.25) is 4.21 Å². The average Bonchev–Trinajstić information content (AvgIpc) is 3.16. The van der Waals surface area contributed by atoms with Crippen molar-refractivity contribution < 1.29 is 18.8 Å². The lowest BCUT2D eigenvalue weighted by molar-refractivity contribution is -0.0653. The van der Waals surface area contributed by atoms with E-state index in [0.29, 0.717) is 48.7 Å². The van der Waals surface area contributed by atoms with Crippen LogP contribution in [-0.4, -0.2) is 82.7 Å². The highest BCUT2D eigenvalue weighted by atomic mass is 32.2. The fraction of sp³-hybridized carbons (Fsp3) is 0.524. The van der Waals surface area contributed by atoms with E-state index in [9.17, 15) is 9.32 Å². The molecule has 0 saturated carbocycles. The molecule has 6 rings (SSSR count). The Morgan fingerprint density at radius 2 is 2.13 bits per heavy atom. The minimum Gasteiger partial charge on any atom is -0.489 e. The number of ether oxygens (including phenoxy) is 2. The van der Waals surface area contributed by atoms with Gasteiger partial charge in [-0.1, -0.05) is 12.1 Å². The molecule has 1 aromatic heterocycles. The summed E-state index contributed by atoms with van der Waals surface area (Å²) in [5, 5.41) is 13.2. The second-order valence-electron chi connectivity index (χ2n) is 8.58. The van der Waals surface area contributed by atoms with Crippen molar-refractivity contribution in [3.63, 3.8) is 0 Å². The van der Waals surface area contributed by atoms with Crippen molar-refractivity contribution in [2.45, 2.75) is 22.9 Å². The van der Waals surface area contributed by atoms with Gasteiger partial charge in [-0.05, 0) is 12.1 Å². The Balaban J connectivity index is 1.30. The van der Waals surface area contributed by atoms with E-state index >= 15 is 0 Å². The van der Waals surface area contributed by atoms with Crippen molar-refractivity contribution in [2.24, 2.45) is 0 Å². The molecular weight excluding hydrogens is 418 g/mol. The van der Waals surface area contributed by atoms with Gasteiger partial charge >= 0.3 is 0 Å². The minimum atomic E-state index is -1.13. The molecule has 0 amide bonds. The molecule has 0 aliphatic carbocycles. The molecule has 2 atom stereocenters. The fourth-order valence-electron chi connectivity index (χ4n) is 4.71. The van der Waals surface area contributed by atoms with Crippen molar-refractivity contribution >= 4 is 28.3 Å². The highest BCUT2D eigenvalue weighted by Gasteiger charge is 2.41. The number of benzene rings is 1. The highest BCUT2D eigenvalue weighted by Crippen LogP contribution is 2.37. The number of hydrogen-bond donors (Lipinski definition) is 2. The number of hydrogen-bond acceptors (Lipinski definition) is 9. The zero-order valence-corrected chi connectivity index (χ0v) is 17.9. The summed E-state index contributed by atoms with van der Waals surface area (Å²) >= 11 is 0. The summed E-state index contributed by atoms with van der Waals surface area (Å²) in [5.41, 5.74) is 1.42. The summed E-state index contributed by atoms with van der Waals surface area (Å²) in [4.78, 5) is 14.9. The quantitative estimate of drug-likeness (QED) is 0.696. The lowest BCUT2D eigenvalue weighted by atomic mass is 9.99. The number of anilines is 3. The third-order valence-electron chi connectivity index (χ3n) is 6.49. The first-order valence-electron chi connectivity index (χ1n) is 10.7. The number of aliphatic hydroxyl groups is 1. The average molecular weight is 444 g/mol. The van der Waals surface area contributed by atoms with E-state index in [2.05, 4.69) is 21.2 Å². The maximum atomic E-state index is 12.6. The van der Waals surface area contributed by atoms with Crippen molar-refractivity contribution in [1.82, 2.24) is 9.97 Å². The van der Waals surface area contributed by atoms with Gasteiger partial charge < -0.3 is 29.7 Å². The number of fused-ring (bicyclic) bond motifs is 4. The summed E-state index contributed by atoms with van der Waals surface area (Å²) in [6.45, 7) is 3.77. The molecule has 31 heavy (non-hydrogen) atoms. The number of piperazine rings is 1. The second-order valence-corrected chi connectivity index (χ2v) is 10.1. The minimum absolute atomic E-state index is 0.0642.